The Kier molecular flexibility index (Phi) is 9.45. The van der Waals surface area contributed by atoms with Crippen molar-refractivity contribution in [3.63, 3.8) is 0 Å². The van der Waals surface area contributed by atoms with Crippen molar-refractivity contribution in [1.82, 2.24) is 0 Å². The highest BCUT2D eigenvalue weighted by Crippen LogP contribution is 2.09. The third-order valence-corrected chi connectivity index (χ3v) is 4.96. The smallest absolute Gasteiger partial charge is 0.0836 e. The minimum atomic E-state index is 1.08. The Labute approximate surface area is 154 Å². The van der Waals surface area contributed by atoms with E-state index in [2.05, 4.69) is 70.5 Å². The van der Waals surface area contributed by atoms with Crippen molar-refractivity contribution in [2.24, 2.45) is 0 Å². The van der Waals surface area contributed by atoms with E-state index in [0.29, 0.717) is 0 Å². The second-order valence-electron chi connectivity index (χ2n) is 11.2. The molecule has 146 valence electrons. The van der Waals surface area contributed by atoms with Gasteiger partial charge in [0, 0.05) is 25.7 Å². The Bertz CT molecular complexity index is 301. The van der Waals surface area contributed by atoms with E-state index in [-0.39, 0.29) is 0 Å². The zero-order valence-corrected chi connectivity index (χ0v) is 18.9. The van der Waals surface area contributed by atoms with Crippen LogP contribution in [0.25, 0.3) is 0 Å². The van der Waals surface area contributed by atoms with E-state index in [0.717, 1.165) is 8.97 Å². The third-order valence-electron chi connectivity index (χ3n) is 4.96. The highest BCUT2D eigenvalue weighted by molar-refractivity contribution is 4.44. The monoisotopic (exact) mass is 346 g/mol. The molecular weight excluding hydrogens is 296 g/mol. The predicted octanol–water partition coefficient (Wildman–Crippen LogP) is 2.11. The molecule has 4 nitrogen and oxygen atoms in total. The average molecular weight is 347 g/mol. The molecule has 0 amide bonds. The van der Waals surface area contributed by atoms with Gasteiger partial charge in [-0.05, 0) is 0 Å². The van der Waals surface area contributed by atoms with Gasteiger partial charge in [0.05, 0.1) is 110 Å². The van der Waals surface area contributed by atoms with Gasteiger partial charge in [0.15, 0.2) is 0 Å². The first-order valence-electron chi connectivity index (χ1n) is 9.87. The fraction of sp³-hybridized carbons (Fsp3) is 1.00. The van der Waals surface area contributed by atoms with Crippen molar-refractivity contribution in [3.05, 3.63) is 0 Å². The van der Waals surface area contributed by atoms with Crippen LogP contribution < -0.4 is 0 Å². The first-order chi connectivity index (χ1) is 10.6. The van der Waals surface area contributed by atoms with Crippen molar-refractivity contribution < 1.29 is 17.9 Å². The molecule has 0 aliphatic carbocycles. The molecule has 4 heteroatoms. The summed E-state index contributed by atoms with van der Waals surface area (Å²) in [5, 5.41) is 0. The van der Waals surface area contributed by atoms with Gasteiger partial charge in [0.2, 0.25) is 0 Å². The van der Waals surface area contributed by atoms with Crippen molar-refractivity contribution in [1.29, 1.82) is 0 Å². The first-order valence-corrected chi connectivity index (χ1v) is 9.87. The normalized spacial score (nSPS) is 14.2. The van der Waals surface area contributed by atoms with E-state index < -0.39 is 0 Å². The summed E-state index contributed by atoms with van der Waals surface area (Å²) < 4.78 is 4.52. The Hall–Kier alpha value is -0.160. The zero-order chi connectivity index (χ0) is 19.1. The molecule has 0 radical (unpaired) electrons. The summed E-state index contributed by atoms with van der Waals surface area (Å²) >= 11 is 0. The molecule has 0 unspecified atom stereocenters. The van der Waals surface area contributed by atoms with Crippen LogP contribution in [-0.2, 0) is 0 Å². The number of rotatable bonds is 13. The second-order valence-corrected chi connectivity index (χ2v) is 11.2. The lowest BCUT2D eigenvalue weighted by molar-refractivity contribution is -0.906. The van der Waals surface area contributed by atoms with Crippen LogP contribution in [0.15, 0.2) is 0 Å². The zero-order valence-electron chi connectivity index (χ0n) is 18.9. The van der Waals surface area contributed by atoms with Crippen molar-refractivity contribution in [3.8, 4) is 0 Å². The van der Waals surface area contributed by atoms with Gasteiger partial charge >= 0.3 is 0 Å². The molecule has 0 saturated heterocycles. The fourth-order valence-corrected chi connectivity index (χ4v) is 3.25. The molecule has 0 spiro atoms. The summed E-state index contributed by atoms with van der Waals surface area (Å²) in [6, 6.07) is 0. The lowest BCUT2D eigenvalue weighted by Gasteiger charge is -2.33. The maximum atomic E-state index is 2.40. The minimum absolute atomic E-state index is 1.08. The van der Waals surface area contributed by atoms with Gasteiger partial charge in [-0.2, -0.15) is 0 Å². The van der Waals surface area contributed by atoms with E-state index in [4.69, 9.17) is 0 Å². The van der Waals surface area contributed by atoms with Crippen molar-refractivity contribution in [2.45, 2.75) is 25.7 Å². The molecular formula is C20H50N4+4. The van der Waals surface area contributed by atoms with Gasteiger partial charge in [-0.25, -0.2) is 0 Å². The standard InChI is InChI=1S/C20H50N4/c1-21(2,3)15-13-19-23(7,8)17-11-12-18-24(9,10)20-14-16-22(4,5)6/h11-20H2,1-10H3/q+4. The van der Waals surface area contributed by atoms with Gasteiger partial charge in [-0.1, -0.05) is 0 Å². The molecule has 0 aromatic heterocycles. The van der Waals surface area contributed by atoms with Gasteiger partial charge in [-0.15, -0.1) is 0 Å². The molecule has 0 aliphatic heterocycles. The number of hydrogen-bond acceptors (Lipinski definition) is 0. The van der Waals surface area contributed by atoms with Crippen LogP contribution in [0.3, 0.4) is 0 Å². The van der Waals surface area contributed by atoms with Crippen LogP contribution >= 0.6 is 0 Å². The highest BCUT2D eigenvalue weighted by atomic mass is 15.3. The van der Waals surface area contributed by atoms with Gasteiger partial charge in [-0.3, -0.25) is 0 Å². The molecule has 24 heavy (non-hydrogen) atoms. The van der Waals surface area contributed by atoms with Gasteiger partial charge < -0.3 is 17.9 Å². The second kappa shape index (κ2) is 9.51. The summed E-state index contributed by atoms with van der Waals surface area (Å²) in [6.45, 7) is 7.79. The fourth-order valence-electron chi connectivity index (χ4n) is 3.25. The lowest BCUT2D eigenvalue weighted by Crippen LogP contribution is -2.46. The van der Waals surface area contributed by atoms with Crippen molar-refractivity contribution in [2.75, 3.05) is 110 Å². The third kappa shape index (κ3) is 15.4. The molecule has 0 heterocycles. The van der Waals surface area contributed by atoms with Gasteiger partial charge in [0.1, 0.15) is 0 Å². The highest BCUT2D eigenvalue weighted by Gasteiger charge is 2.20. The molecule has 0 N–H and O–H groups in total. The molecule has 0 bridgehead atoms. The Morgan fingerprint density at radius 3 is 0.833 bits per heavy atom. The SMILES string of the molecule is C[N+](C)(C)CCC[N+](C)(C)CCCC[N+](C)(C)CCC[N+](C)(C)C. The summed E-state index contributed by atoms with van der Waals surface area (Å²) in [5.41, 5.74) is 0. The topological polar surface area (TPSA) is 0 Å². The molecule has 0 aromatic rings. The van der Waals surface area contributed by atoms with E-state index in [9.17, 15) is 0 Å². The molecule has 0 aliphatic rings. The van der Waals surface area contributed by atoms with E-state index in [1.54, 1.807) is 0 Å². The van der Waals surface area contributed by atoms with Crippen LogP contribution in [0, 0.1) is 0 Å². The van der Waals surface area contributed by atoms with E-state index >= 15 is 0 Å². The number of unbranched alkanes of at least 4 members (excludes halogenated alkanes) is 1. The first kappa shape index (κ1) is 23.8. The molecule has 0 fully saturated rings. The molecule has 0 aromatic carbocycles. The van der Waals surface area contributed by atoms with E-state index in [1.165, 1.54) is 73.9 Å². The molecule has 0 rings (SSSR count). The summed E-state index contributed by atoms with van der Waals surface area (Å²) in [4.78, 5) is 0. The lowest BCUT2D eigenvalue weighted by atomic mass is 10.2. The minimum Gasteiger partial charge on any atom is -0.331 e. The largest absolute Gasteiger partial charge is 0.331 e. The quantitative estimate of drug-likeness (QED) is 0.354. The van der Waals surface area contributed by atoms with Crippen LogP contribution in [0.1, 0.15) is 25.7 Å². The van der Waals surface area contributed by atoms with Crippen LogP contribution in [0.4, 0.5) is 0 Å². The Morgan fingerprint density at radius 2 is 0.583 bits per heavy atom. The van der Waals surface area contributed by atoms with Gasteiger partial charge in [0.25, 0.3) is 0 Å². The van der Waals surface area contributed by atoms with Crippen LogP contribution in [-0.4, -0.2) is 128 Å². The van der Waals surface area contributed by atoms with Crippen molar-refractivity contribution >= 4 is 0 Å². The number of hydrogen-bond donors (Lipinski definition) is 0. The average Bonchev–Trinajstić information content (AvgIpc) is 2.31. The molecule has 0 atom stereocenters. The summed E-state index contributed by atoms with van der Waals surface area (Å²) in [5.74, 6) is 0. The maximum absolute atomic E-state index is 2.40. The maximum Gasteiger partial charge on any atom is 0.0836 e. The van der Waals surface area contributed by atoms with Crippen LogP contribution in [0.2, 0.25) is 0 Å². The Balaban J connectivity index is 3.92. The van der Waals surface area contributed by atoms with Crippen LogP contribution in [0.5, 0.6) is 0 Å². The molecule has 0 saturated carbocycles. The Morgan fingerprint density at radius 1 is 0.333 bits per heavy atom. The summed E-state index contributed by atoms with van der Waals surface area (Å²) in [7, 11) is 23.3. The predicted molar refractivity (Wildman–Crippen MR) is 108 cm³/mol. The van der Waals surface area contributed by atoms with E-state index in [1.807, 2.05) is 0 Å². The number of quaternary nitrogens is 4. The summed E-state index contributed by atoms with van der Waals surface area (Å²) in [6.07, 6.45) is 5.36. The number of nitrogens with zero attached hydrogens (tertiary/aromatic N) is 4.